The van der Waals surface area contributed by atoms with Gasteiger partial charge in [0.2, 0.25) is 0 Å². The monoisotopic (exact) mass is 275 g/mol. The largest absolute Gasteiger partial charge is 0.487 e. The summed E-state index contributed by atoms with van der Waals surface area (Å²) in [6.45, 7) is 7.30. The predicted octanol–water partition coefficient (Wildman–Crippen LogP) is 3.35. The van der Waals surface area contributed by atoms with Crippen molar-refractivity contribution in [2.24, 2.45) is 11.7 Å². The van der Waals surface area contributed by atoms with Crippen LogP contribution in [0.1, 0.15) is 50.3 Å². The molecule has 0 saturated carbocycles. The molecule has 2 aliphatic rings. The van der Waals surface area contributed by atoms with Gasteiger partial charge < -0.3 is 15.2 Å². The summed E-state index contributed by atoms with van der Waals surface area (Å²) >= 11 is 0. The summed E-state index contributed by atoms with van der Waals surface area (Å²) in [5, 5.41) is 0. The zero-order valence-corrected chi connectivity index (χ0v) is 12.7. The highest BCUT2D eigenvalue weighted by Crippen LogP contribution is 2.45. The van der Waals surface area contributed by atoms with Gasteiger partial charge in [-0.15, -0.1) is 0 Å². The van der Waals surface area contributed by atoms with Gasteiger partial charge in [-0.2, -0.15) is 0 Å². The minimum Gasteiger partial charge on any atom is -0.487 e. The first-order chi connectivity index (χ1) is 9.49. The smallest absolute Gasteiger partial charge is 0.124 e. The second-order valence-electron chi connectivity index (χ2n) is 6.74. The number of hydrogen-bond donors (Lipinski definition) is 1. The van der Waals surface area contributed by atoms with Crippen LogP contribution in [0.25, 0.3) is 0 Å². The fourth-order valence-corrected chi connectivity index (χ4v) is 3.47. The molecular formula is C17H25NO2. The molecule has 110 valence electrons. The Morgan fingerprint density at radius 1 is 1.30 bits per heavy atom. The van der Waals surface area contributed by atoms with E-state index in [1.807, 2.05) is 0 Å². The van der Waals surface area contributed by atoms with Crippen LogP contribution in [0.4, 0.5) is 0 Å². The molecule has 3 heteroatoms. The zero-order valence-electron chi connectivity index (χ0n) is 12.7. The van der Waals surface area contributed by atoms with E-state index >= 15 is 0 Å². The molecular weight excluding hydrogens is 250 g/mol. The van der Waals surface area contributed by atoms with Crippen LogP contribution in [0.5, 0.6) is 5.75 Å². The fourth-order valence-electron chi connectivity index (χ4n) is 3.47. The minimum atomic E-state index is -0.130. The first-order valence-corrected chi connectivity index (χ1v) is 7.66. The number of fused-ring (bicyclic) bond motifs is 1. The van der Waals surface area contributed by atoms with Gasteiger partial charge in [0.1, 0.15) is 11.4 Å². The second-order valence-corrected chi connectivity index (χ2v) is 6.74. The summed E-state index contributed by atoms with van der Waals surface area (Å²) in [7, 11) is 0. The van der Waals surface area contributed by atoms with Gasteiger partial charge in [0.05, 0.1) is 12.7 Å². The van der Waals surface area contributed by atoms with Gasteiger partial charge in [-0.3, -0.25) is 0 Å². The van der Waals surface area contributed by atoms with E-state index in [1.54, 1.807) is 0 Å². The van der Waals surface area contributed by atoms with Crippen molar-refractivity contribution in [2.45, 2.75) is 57.8 Å². The second kappa shape index (κ2) is 5.05. The van der Waals surface area contributed by atoms with E-state index in [0.29, 0.717) is 5.92 Å². The third-order valence-electron chi connectivity index (χ3n) is 4.69. The average molecular weight is 275 g/mol. The normalized spacial score (nSPS) is 33.0. The molecule has 0 bridgehead atoms. The van der Waals surface area contributed by atoms with Crippen LogP contribution in [-0.4, -0.2) is 18.3 Å². The maximum atomic E-state index is 6.42. The molecule has 0 aromatic heterocycles. The number of benzene rings is 1. The van der Waals surface area contributed by atoms with Crippen molar-refractivity contribution >= 4 is 0 Å². The maximum Gasteiger partial charge on any atom is 0.124 e. The van der Waals surface area contributed by atoms with Crippen molar-refractivity contribution in [1.82, 2.24) is 0 Å². The Balaban J connectivity index is 1.88. The van der Waals surface area contributed by atoms with Crippen molar-refractivity contribution in [3.05, 3.63) is 29.3 Å². The molecule has 3 rings (SSSR count). The number of nitrogens with two attached hydrogens (primary N) is 1. The third-order valence-corrected chi connectivity index (χ3v) is 4.69. The SMILES string of the molecule is Cc1ccc2c(c1)C(N)CC1(CCOC(C(C)C)C1)O2. The Bertz CT molecular complexity index is 500. The minimum absolute atomic E-state index is 0.0737. The van der Waals surface area contributed by atoms with E-state index in [2.05, 4.69) is 39.0 Å². The summed E-state index contributed by atoms with van der Waals surface area (Å²) < 4.78 is 12.3. The number of ether oxygens (including phenoxy) is 2. The van der Waals surface area contributed by atoms with E-state index in [1.165, 1.54) is 5.56 Å². The van der Waals surface area contributed by atoms with Gasteiger partial charge in [0.15, 0.2) is 0 Å². The van der Waals surface area contributed by atoms with E-state index in [9.17, 15) is 0 Å². The lowest BCUT2D eigenvalue weighted by Gasteiger charge is -2.46. The molecule has 2 aliphatic heterocycles. The topological polar surface area (TPSA) is 44.5 Å². The predicted molar refractivity (Wildman–Crippen MR) is 79.9 cm³/mol. The van der Waals surface area contributed by atoms with Crippen molar-refractivity contribution < 1.29 is 9.47 Å². The maximum absolute atomic E-state index is 6.42. The first-order valence-electron chi connectivity index (χ1n) is 7.66. The lowest BCUT2D eigenvalue weighted by molar-refractivity contribution is -0.115. The summed E-state index contributed by atoms with van der Waals surface area (Å²) in [6, 6.07) is 6.41. The molecule has 1 saturated heterocycles. The lowest BCUT2D eigenvalue weighted by Crippen LogP contribution is -2.50. The Kier molecular flexibility index (Phi) is 3.51. The Hall–Kier alpha value is -1.06. The molecule has 3 atom stereocenters. The van der Waals surface area contributed by atoms with Gasteiger partial charge in [-0.25, -0.2) is 0 Å². The highest BCUT2D eigenvalue weighted by Gasteiger charge is 2.44. The summed E-state index contributed by atoms with van der Waals surface area (Å²) in [5.74, 6) is 1.49. The Labute approximate surface area is 121 Å². The van der Waals surface area contributed by atoms with Gasteiger partial charge in [0, 0.05) is 30.9 Å². The molecule has 3 nitrogen and oxygen atoms in total. The van der Waals surface area contributed by atoms with Crippen molar-refractivity contribution in [3.8, 4) is 5.75 Å². The van der Waals surface area contributed by atoms with Crippen LogP contribution in [-0.2, 0) is 4.74 Å². The highest BCUT2D eigenvalue weighted by atomic mass is 16.5. The molecule has 2 N–H and O–H groups in total. The molecule has 3 unspecified atom stereocenters. The molecule has 1 aromatic rings. The van der Waals surface area contributed by atoms with Gasteiger partial charge in [0.25, 0.3) is 0 Å². The fraction of sp³-hybridized carbons (Fsp3) is 0.647. The van der Waals surface area contributed by atoms with Crippen LogP contribution < -0.4 is 10.5 Å². The van der Waals surface area contributed by atoms with E-state index in [4.69, 9.17) is 15.2 Å². The summed E-state index contributed by atoms with van der Waals surface area (Å²) in [5.41, 5.74) is 8.69. The first kappa shape index (κ1) is 13.9. The molecule has 0 aliphatic carbocycles. The van der Waals surface area contributed by atoms with E-state index in [-0.39, 0.29) is 17.7 Å². The number of hydrogen-bond acceptors (Lipinski definition) is 3. The lowest BCUT2D eigenvalue weighted by atomic mass is 9.78. The number of aryl methyl sites for hydroxylation is 1. The zero-order chi connectivity index (χ0) is 14.3. The molecule has 1 fully saturated rings. The average Bonchev–Trinajstić information content (AvgIpc) is 2.40. The van der Waals surface area contributed by atoms with Crippen LogP contribution in [0.2, 0.25) is 0 Å². The molecule has 2 heterocycles. The number of rotatable bonds is 1. The van der Waals surface area contributed by atoms with Gasteiger partial charge in [-0.1, -0.05) is 31.5 Å². The van der Waals surface area contributed by atoms with Crippen LogP contribution in [0, 0.1) is 12.8 Å². The molecule has 1 aromatic carbocycles. The summed E-state index contributed by atoms with van der Waals surface area (Å²) in [4.78, 5) is 0. The summed E-state index contributed by atoms with van der Waals surface area (Å²) in [6.07, 6.45) is 3.07. The van der Waals surface area contributed by atoms with Crippen molar-refractivity contribution in [2.75, 3.05) is 6.61 Å². The molecule has 0 radical (unpaired) electrons. The Morgan fingerprint density at radius 3 is 2.85 bits per heavy atom. The third kappa shape index (κ3) is 2.45. The van der Waals surface area contributed by atoms with Gasteiger partial charge in [-0.05, 0) is 18.9 Å². The van der Waals surface area contributed by atoms with Crippen LogP contribution >= 0.6 is 0 Å². The standard InChI is InChI=1S/C17H25NO2/c1-11(2)16-10-17(6-7-19-16)9-14(18)13-8-12(3)4-5-15(13)20-17/h4-5,8,11,14,16H,6-7,9-10,18H2,1-3H3. The van der Waals surface area contributed by atoms with Gasteiger partial charge >= 0.3 is 0 Å². The van der Waals surface area contributed by atoms with Crippen molar-refractivity contribution in [3.63, 3.8) is 0 Å². The van der Waals surface area contributed by atoms with E-state index < -0.39 is 0 Å². The quantitative estimate of drug-likeness (QED) is 0.855. The van der Waals surface area contributed by atoms with Crippen LogP contribution in [0.15, 0.2) is 18.2 Å². The Morgan fingerprint density at radius 2 is 2.10 bits per heavy atom. The van der Waals surface area contributed by atoms with Crippen molar-refractivity contribution in [1.29, 1.82) is 0 Å². The highest BCUT2D eigenvalue weighted by molar-refractivity contribution is 5.41. The van der Waals surface area contributed by atoms with Crippen LogP contribution in [0.3, 0.4) is 0 Å². The molecule has 20 heavy (non-hydrogen) atoms. The molecule has 1 spiro atoms. The van der Waals surface area contributed by atoms with E-state index in [0.717, 1.165) is 37.2 Å². The molecule has 0 amide bonds.